The Morgan fingerprint density at radius 2 is 1.89 bits per heavy atom. The number of phenolic OH excluding ortho intramolecular Hbond substituents is 1. The SMILES string of the molecule is CC1(C)CC(=O)C2=C(C1)Nc1ccc3[nH]ncc3c1C2c1ccc(O)cc1. The van der Waals surface area contributed by atoms with Gasteiger partial charge in [0, 0.05) is 34.7 Å². The third kappa shape index (κ3) is 2.46. The fourth-order valence-corrected chi connectivity index (χ4v) is 4.55. The Morgan fingerprint density at radius 1 is 1.11 bits per heavy atom. The number of benzene rings is 2. The van der Waals surface area contributed by atoms with Crippen LogP contribution in [-0.2, 0) is 4.79 Å². The topological polar surface area (TPSA) is 78.0 Å². The molecule has 27 heavy (non-hydrogen) atoms. The highest BCUT2D eigenvalue weighted by molar-refractivity contribution is 6.04. The molecule has 1 aromatic heterocycles. The lowest BCUT2D eigenvalue weighted by Crippen LogP contribution is -2.33. The lowest BCUT2D eigenvalue weighted by molar-refractivity contribution is -0.118. The van der Waals surface area contributed by atoms with E-state index in [0.29, 0.717) is 6.42 Å². The molecule has 1 unspecified atom stereocenters. The summed E-state index contributed by atoms with van der Waals surface area (Å²) in [5.41, 5.74) is 5.85. The van der Waals surface area contributed by atoms with Gasteiger partial charge in [0.1, 0.15) is 5.75 Å². The molecule has 0 saturated carbocycles. The van der Waals surface area contributed by atoms with Crippen molar-refractivity contribution in [3.05, 3.63) is 65.0 Å². The summed E-state index contributed by atoms with van der Waals surface area (Å²) >= 11 is 0. The van der Waals surface area contributed by atoms with E-state index in [1.807, 2.05) is 24.4 Å². The van der Waals surface area contributed by atoms with Crippen LogP contribution in [0.1, 0.15) is 43.7 Å². The number of nitrogens with zero attached hydrogens (tertiary/aromatic N) is 1. The number of rotatable bonds is 1. The highest BCUT2D eigenvalue weighted by Crippen LogP contribution is 2.50. The molecule has 0 radical (unpaired) electrons. The molecule has 136 valence electrons. The zero-order valence-corrected chi connectivity index (χ0v) is 15.3. The normalized spacial score (nSPS) is 21.0. The highest BCUT2D eigenvalue weighted by Gasteiger charge is 2.41. The van der Waals surface area contributed by atoms with Crippen LogP contribution in [0.5, 0.6) is 5.75 Å². The smallest absolute Gasteiger partial charge is 0.162 e. The number of allylic oxidation sites excluding steroid dienone is 2. The van der Waals surface area contributed by atoms with Crippen molar-refractivity contribution >= 4 is 22.4 Å². The molecule has 3 aromatic rings. The zero-order chi connectivity index (χ0) is 18.8. The molecule has 5 heteroatoms. The van der Waals surface area contributed by atoms with E-state index in [0.717, 1.165) is 45.4 Å². The van der Waals surface area contributed by atoms with Crippen LogP contribution in [0.25, 0.3) is 10.9 Å². The number of nitrogens with one attached hydrogen (secondary N) is 2. The third-order valence-electron chi connectivity index (χ3n) is 5.68. The van der Waals surface area contributed by atoms with E-state index in [1.54, 1.807) is 12.1 Å². The number of anilines is 1. The first-order chi connectivity index (χ1) is 12.9. The summed E-state index contributed by atoms with van der Waals surface area (Å²) in [5, 5.41) is 21.5. The Hall–Kier alpha value is -3.08. The highest BCUT2D eigenvalue weighted by atomic mass is 16.3. The van der Waals surface area contributed by atoms with Gasteiger partial charge in [-0.15, -0.1) is 0 Å². The number of fused-ring (bicyclic) bond motifs is 3. The molecule has 1 atom stereocenters. The number of carbonyl (C=O) groups excluding carboxylic acids is 1. The van der Waals surface area contributed by atoms with Gasteiger partial charge in [0.05, 0.1) is 11.7 Å². The molecule has 1 aliphatic carbocycles. The third-order valence-corrected chi connectivity index (χ3v) is 5.68. The largest absolute Gasteiger partial charge is 0.508 e. The van der Waals surface area contributed by atoms with Crippen molar-refractivity contribution < 1.29 is 9.90 Å². The predicted molar refractivity (Wildman–Crippen MR) is 105 cm³/mol. The number of hydrogen-bond acceptors (Lipinski definition) is 4. The molecule has 0 spiro atoms. The van der Waals surface area contributed by atoms with Crippen molar-refractivity contribution in [2.45, 2.75) is 32.6 Å². The van der Waals surface area contributed by atoms with Crippen molar-refractivity contribution in [3.63, 3.8) is 0 Å². The molecular weight excluding hydrogens is 338 g/mol. The average molecular weight is 359 g/mol. The van der Waals surface area contributed by atoms with Gasteiger partial charge in [-0.1, -0.05) is 26.0 Å². The van der Waals surface area contributed by atoms with Gasteiger partial charge >= 0.3 is 0 Å². The van der Waals surface area contributed by atoms with Crippen molar-refractivity contribution in [2.75, 3.05) is 5.32 Å². The van der Waals surface area contributed by atoms with Crippen LogP contribution in [0.15, 0.2) is 53.9 Å². The summed E-state index contributed by atoms with van der Waals surface area (Å²) in [7, 11) is 0. The summed E-state index contributed by atoms with van der Waals surface area (Å²) in [4.78, 5) is 13.2. The van der Waals surface area contributed by atoms with E-state index in [-0.39, 0.29) is 22.9 Å². The number of H-pyrrole nitrogens is 1. The molecule has 2 aliphatic rings. The number of Topliss-reactive ketones (excluding diaryl/α,β-unsaturated/α-hetero) is 1. The lowest BCUT2D eigenvalue weighted by atomic mass is 9.68. The molecule has 0 amide bonds. The maximum atomic E-state index is 13.2. The van der Waals surface area contributed by atoms with E-state index in [1.165, 1.54) is 0 Å². The van der Waals surface area contributed by atoms with E-state index in [4.69, 9.17) is 0 Å². The fourth-order valence-electron chi connectivity index (χ4n) is 4.55. The second-order valence-electron chi connectivity index (χ2n) is 8.34. The Balaban J connectivity index is 1.80. The summed E-state index contributed by atoms with van der Waals surface area (Å²) in [6, 6.07) is 11.3. The molecule has 0 saturated heterocycles. The molecule has 1 aliphatic heterocycles. The summed E-state index contributed by atoms with van der Waals surface area (Å²) in [6.45, 7) is 4.28. The molecule has 2 aromatic carbocycles. The molecule has 0 bridgehead atoms. The van der Waals surface area contributed by atoms with Crippen molar-refractivity contribution in [1.29, 1.82) is 0 Å². The van der Waals surface area contributed by atoms with Crippen LogP contribution < -0.4 is 5.32 Å². The molecular formula is C22H21N3O2. The maximum Gasteiger partial charge on any atom is 0.162 e. The van der Waals surface area contributed by atoms with Crippen LogP contribution in [0.3, 0.4) is 0 Å². The van der Waals surface area contributed by atoms with Gasteiger partial charge in [-0.05, 0) is 47.2 Å². The molecule has 2 heterocycles. The molecule has 3 N–H and O–H groups in total. The number of aromatic hydroxyl groups is 1. The number of hydrogen-bond donors (Lipinski definition) is 3. The first kappa shape index (κ1) is 16.1. The van der Waals surface area contributed by atoms with E-state index in [2.05, 4.69) is 35.4 Å². The minimum Gasteiger partial charge on any atom is -0.508 e. The summed E-state index contributed by atoms with van der Waals surface area (Å²) in [6.07, 6.45) is 3.20. The van der Waals surface area contributed by atoms with E-state index in [9.17, 15) is 9.90 Å². The maximum absolute atomic E-state index is 13.2. The van der Waals surface area contributed by atoms with Gasteiger partial charge in [-0.2, -0.15) is 5.10 Å². The Bertz CT molecular complexity index is 1110. The number of aromatic amines is 1. The first-order valence-electron chi connectivity index (χ1n) is 9.21. The van der Waals surface area contributed by atoms with Crippen molar-refractivity contribution in [3.8, 4) is 5.75 Å². The fraction of sp³-hybridized carbons (Fsp3) is 0.273. The van der Waals surface area contributed by atoms with Gasteiger partial charge in [-0.25, -0.2) is 0 Å². The Labute approximate surface area is 157 Å². The quantitative estimate of drug-likeness (QED) is 0.599. The zero-order valence-electron chi connectivity index (χ0n) is 15.3. The first-order valence-corrected chi connectivity index (χ1v) is 9.21. The lowest BCUT2D eigenvalue weighted by Gasteiger charge is -2.39. The van der Waals surface area contributed by atoms with Crippen molar-refractivity contribution in [1.82, 2.24) is 10.2 Å². The van der Waals surface area contributed by atoms with Gasteiger partial charge in [0.25, 0.3) is 0 Å². The van der Waals surface area contributed by atoms with Crippen LogP contribution >= 0.6 is 0 Å². The van der Waals surface area contributed by atoms with Crippen LogP contribution in [0.2, 0.25) is 0 Å². The van der Waals surface area contributed by atoms with Gasteiger partial charge < -0.3 is 10.4 Å². The predicted octanol–water partition coefficient (Wildman–Crippen LogP) is 4.47. The Morgan fingerprint density at radius 3 is 2.67 bits per heavy atom. The minimum absolute atomic E-state index is 0.0559. The second-order valence-corrected chi connectivity index (χ2v) is 8.34. The van der Waals surface area contributed by atoms with Crippen molar-refractivity contribution in [2.24, 2.45) is 5.41 Å². The average Bonchev–Trinajstić information content (AvgIpc) is 3.08. The summed E-state index contributed by atoms with van der Waals surface area (Å²) in [5.74, 6) is 0.249. The molecule has 5 rings (SSSR count). The monoisotopic (exact) mass is 359 g/mol. The van der Waals surface area contributed by atoms with E-state index < -0.39 is 0 Å². The van der Waals surface area contributed by atoms with Crippen LogP contribution in [0, 0.1) is 5.41 Å². The van der Waals surface area contributed by atoms with Gasteiger partial charge in [0.2, 0.25) is 0 Å². The Kier molecular flexibility index (Phi) is 3.26. The number of ketones is 1. The summed E-state index contributed by atoms with van der Waals surface area (Å²) < 4.78 is 0. The molecule has 0 fully saturated rings. The second kappa shape index (κ2) is 5.46. The van der Waals surface area contributed by atoms with Gasteiger partial charge in [-0.3, -0.25) is 9.89 Å². The minimum atomic E-state index is -0.165. The van der Waals surface area contributed by atoms with Gasteiger partial charge in [0.15, 0.2) is 5.78 Å². The number of aromatic nitrogens is 2. The standard InChI is InChI=1S/C22H21N3O2/c1-22(2)9-17-21(18(27)10-22)19(12-3-5-13(26)6-4-12)20-14-11-23-25-15(14)7-8-16(20)24-17/h3-8,11,19,24,26H,9-10H2,1-2H3,(H,23,25). The van der Waals surface area contributed by atoms with Crippen LogP contribution in [0.4, 0.5) is 5.69 Å². The van der Waals surface area contributed by atoms with E-state index >= 15 is 0 Å². The number of phenols is 1. The number of carbonyl (C=O) groups is 1. The molecule has 5 nitrogen and oxygen atoms in total. The van der Waals surface area contributed by atoms with Crippen LogP contribution in [-0.4, -0.2) is 21.1 Å².